The van der Waals surface area contributed by atoms with Gasteiger partial charge in [0.2, 0.25) is 0 Å². The molecule has 0 fully saturated rings. The monoisotopic (exact) mass is 275 g/mol. The van der Waals surface area contributed by atoms with Crippen molar-refractivity contribution in [1.29, 1.82) is 5.26 Å². The molecule has 0 bridgehead atoms. The molecule has 0 saturated carbocycles. The van der Waals surface area contributed by atoms with E-state index in [9.17, 15) is 4.39 Å². The lowest BCUT2D eigenvalue weighted by atomic mass is 10.1. The van der Waals surface area contributed by atoms with Crippen LogP contribution >= 0.6 is 11.6 Å². The van der Waals surface area contributed by atoms with Crippen molar-refractivity contribution in [3.63, 3.8) is 0 Å². The van der Waals surface area contributed by atoms with Crippen LogP contribution in [0.15, 0.2) is 42.5 Å². The third-order valence-electron chi connectivity index (χ3n) is 2.68. The van der Waals surface area contributed by atoms with Crippen LogP contribution < -0.4 is 4.74 Å². The Morgan fingerprint density at radius 1 is 1.16 bits per heavy atom. The van der Waals surface area contributed by atoms with E-state index in [-0.39, 0.29) is 6.61 Å². The molecular formula is C15H11ClFNO. The second-order valence-corrected chi connectivity index (χ2v) is 4.22. The van der Waals surface area contributed by atoms with Crippen LogP contribution in [0.25, 0.3) is 0 Å². The van der Waals surface area contributed by atoms with E-state index in [1.165, 1.54) is 6.07 Å². The van der Waals surface area contributed by atoms with Gasteiger partial charge >= 0.3 is 0 Å². The number of rotatable bonds is 4. The maximum absolute atomic E-state index is 13.7. The smallest absolute Gasteiger partial charge is 0.131 e. The molecule has 0 saturated heterocycles. The Balaban J connectivity index is 2.13. The van der Waals surface area contributed by atoms with Gasteiger partial charge in [0, 0.05) is 11.1 Å². The van der Waals surface area contributed by atoms with Gasteiger partial charge in [-0.15, -0.1) is 11.6 Å². The summed E-state index contributed by atoms with van der Waals surface area (Å²) in [6.45, 7) is 0.103. The first-order valence-electron chi connectivity index (χ1n) is 5.70. The van der Waals surface area contributed by atoms with Crippen LogP contribution in [0.2, 0.25) is 0 Å². The van der Waals surface area contributed by atoms with E-state index in [4.69, 9.17) is 21.6 Å². The van der Waals surface area contributed by atoms with Gasteiger partial charge < -0.3 is 4.74 Å². The van der Waals surface area contributed by atoms with Crippen molar-refractivity contribution < 1.29 is 9.13 Å². The van der Waals surface area contributed by atoms with Crippen molar-refractivity contribution >= 4 is 11.6 Å². The lowest BCUT2D eigenvalue weighted by molar-refractivity contribution is 0.297. The van der Waals surface area contributed by atoms with E-state index < -0.39 is 5.82 Å². The molecule has 0 aliphatic heterocycles. The summed E-state index contributed by atoms with van der Waals surface area (Å²) in [4.78, 5) is 0. The number of para-hydroxylation sites is 1. The zero-order valence-electron chi connectivity index (χ0n) is 10.1. The highest BCUT2D eigenvalue weighted by molar-refractivity contribution is 6.17. The van der Waals surface area contributed by atoms with Gasteiger partial charge in [-0.25, -0.2) is 4.39 Å². The topological polar surface area (TPSA) is 33.0 Å². The van der Waals surface area contributed by atoms with Crippen LogP contribution in [-0.4, -0.2) is 0 Å². The molecule has 0 amide bonds. The normalized spacial score (nSPS) is 9.95. The zero-order chi connectivity index (χ0) is 13.7. The average molecular weight is 276 g/mol. The van der Waals surface area contributed by atoms with Crippen LogP contribution in [-0.2, 0) is 12.5 Å². The minimum atomic E-state index is -0.442. The number of benzene rings is 2. The molecule has 2 rings (SSSR count). The van der Waals surface area contributed by atoms with Gasteiger partial charge in [0.1, 0.15) is 18.2 Å². The fourth-order valence-electron chi connectivity index (χ4n) is 1.64. The molecule has 2 nitrogen and oxygen atoms in total. The maximum Gasteiger partial charge on any atom is 0.131 e. The number of nitrogens with zero attached hydrogens (tertiary/aromatic N) is 1. The fraction of sp³-hybridized carbons (Fsp3) is 0.133. The van der Waals surface area contributed by atoms with Gasteiger partial charge in [0.25, 0.3) is 0 Å². The van der Waals surface area contributed by atoms with Crippen LogP contribution in [0.3, 0.4) is 0 Å². The third kappa shape index (κ3) is 3.24. The zero-order valence-corrected chi connectivity index (χ0v) is 10.8. The fourth-order valence-corrected chi connectivity index (χ4v) is 1.87. The van der Waals surface area contributed by atoms with E-state index in [1.807, 2.05) is 24.3 Å². The van der Waals surface area contributed by atoms with Gasteiger partial charge in [-0.3, -0.25) is 0 Å². The van der Waals surface area contributed by atoms with E-state index in [2.05, 4.69) is 0 Å². The highest BCUT2D eigenvalue weighted by Crippen LogP contribution is 2.21. The second kappa shape index (κ2) is 6.21. The molecule has 0 aliphatic rings. The van der Waals surface area contributed by atoms with Crippen molar-refractivity contribution in [2.24, 2.45) is 0 Å². The van der Waals surface area contributed by atoms with Crippen molar-refractivity contribution in [3.05, 3.63) is 65.0 Å². The van der Waals surface area contributed by atoms with Crippen LogP contribution in [0.1, 0.15) is 16.7 Å². The number of alkyl halides is 1. The molecule has 0 aliphatic carbocycles. The quantitative estimate of drug-likeness (QED) is 0.790. The molecule has 0 atom stereocenters. The molecule has 2 aromatic carbocycles. The first-order chi connectivity index (χ1) is 9.24. The molecule has 0 N–H and O–H groups in total. The highest BCUT2D eigenvalue weighted by atomic mass is 35.5. The highest BCUT2D eigenvalue weighted by Gasteiger charge is 2.06. The largest absolute Gasteiger partial charge is 0.488 e. The van der Waals surface area contributed by atoms with Gasteiger partial charge in [0.05, 0.1) is 17.5 Å². The first kappa shape index (κ1) is 13.4. The Morgan fingerprint density at radius 3 is 2.63 bits per heavy atom. The average Bonchev–Trinajstić information content (AvgIpc) is 2.46. The number of hydrogen-bond acceptors (Lipinski definition) is 2. The number of nitriles is 1. The number of ether oxygens (including phenoxy) is 1. The first-order valence-corrected chi connectivity index (χ1v) is 6.23. The van der Waals surface area contributed by atoms with Crippen molar-refractivity contribution in [3.8, 4) is 11.8 Å². The summed E-state index contributed by atoms with van der Waals surface area (Å²) in [5.41, 5.74) is 1.56. The maximum atomic E-state index is 13.7. The summed E-state index contributed by atoms with van der Waals surface area (Å²) >= 11 is 5.79. The molecular weight excluding hydrogens is 265 g/mol. The van der Waals surface area contributed by atoms with E-state index in [0.717, 1.165) is 5.56 Å². The van der Waals surface area contributed by atoms with Crippen molar-refractivity contribution in [2.75, 3.05) is 0 Å². The Bertz CT molecular complexity index is 622. The summed E-state index contributed by atoms with van der Waals surface area (Å²) in [6.07, 6.45) is 0. The summed E-state index contributed by atoms with van der Waals surface area (Å²) in [5.74, 6) is 0.537. The summed E-state index contributed by atoms with van der Waals surface area (Å²) in [5, 5.41) is 8.67. The van der Waals surface area contributed by atoms with Crippen molar-refractivity contribution in [1.82, 2.24) is 0 Å². The third-order valence-corrected chi connectivity index (χ3v) is 2.97. The second-order valence-electron chi connectivity index (χ2n) is 3.95. The van der Waals surface area contributed by atoms with Crippen molar-refractivity contribution in [2.45, 2.75) is 12.5 Å². The molecule has 0 spiro atoms. The summed E-state index contributed by atoms with van der Waals surface area (Å²) in [6, 6.07) is 13.6. The lowest BCUT2D eigenvalue weighted by Gasteiger charge is -2.10. The molecule has 2 aromatic rings. The lowest BCUT2D eigenvalue weighted by Crippen LogP contribution is -2.00. The Hall–Kier alpha value is -2.05. The molecule has 0 aromatic heterocycles. The van der Waals surface area contributed by atoms with E-state index in [1.54, 1.807) is 18.2 Å². The molecule has 4 heteroatoms. The molecule has 0 radical (unpaired) electrons. The van der Waals surface area contributed by atoms with Gasteiger partial charge in [0.15, 0.2) is 0 Å². The minimum absolute atomic E-state index is 0.103. The number of halogens is 2. The van der Waals surface area contributed by atoms with Gasteiger partial charge in [-0.05, 0) is 18.2 Å². The molecule has 19 heavy (non-hydrogen) atoms. The Morgan fingerprint density at radius 2 is 1.95 bits per heavy atom. The molecule has 0 heterocycles. The predicted molar refractivity (Wildman–Crippen MR) is 71.4 cm³/mol. The number of hydrogen-bond donors (Lipinski definition) is 0. The minimum Gasteiger partial charge on any atom is -0.488 e. The molecule has 96 valence electrons. The summed E-state index contributed by atoms with van der Waals surface area (Å²) in [7, 11) is 0. The Kier molecular flexibility index (Phi) is 4.38. The SMILES string of the molecule is N#Cc1ccc(COc2ccccc2CCl)c(F)c1. The molecule has 0 unspecified atom stereocenters. The van der Waals surface area contributed by atoms with E-state index >= 15 is 0 Å². The van der Waals surface area contributed by atoms with Crippen LogP contribution in [0, 0.1) is 17.1 Å². The van der Waals surface area contributed by atoms with E-state index in [0.29, 0.717) is 22.8 Å². The standard InChI is InChI=1S/C15H11ClFNO/c16-8-12-3-1-2-4-15(12)19-10-13-6-5-11(9-18)7-14(13)17/h1-7H,8,10H2. The van der Waals surface area contributed by atoms with Crippen LogP contribution in [0.4, 0.5) is 4.39 Å². The van der Waals surface area contributed by atoms with Gasteiger partial charge in [-0.2, -0.15) is 5.26 Å². The van der Waals surface area contributed by atoms with Crippen LogP contribution in [0.5, 0.6) is 5.75 Å². The summed E-state index contributed by atoms with van der Waals surface area (Å²) < 4.78 is 19.2. The van der Waals surface area contributed by atoms with Gasteiger partial charge in [-0.1, -0.05) is 24.3 Å². The Labute approximate surface area is 116 Å². The predicted octanol–water partition coefficient (Wildman–Crippen LogP) is 4.02.